The summed E-state index contributed by atoms with van der Waals surface area (Å²) in [7, 11) is 0. The summed E-state index contributed by atoms with van der Waals surface area (Å²) in [6, 6.07) is 47.6. The molecule has 1 aliphatic carbocycles. The minimum absolute atomic E-state index is 0.997. The molecule has 3 heterocycles. The Hall–Kier alpha value is -5.89. The number of pyridine rings is 1. The first-order valence-electron chi connectivity index (χ1n) is 17.6. The van der Waals surface area contributed by atoms with Gasteiger partial charge in [-0.2, -0.15) is 0 Å². The van der Waals surface area contributed by atoms with Gasteiger partial charge in [0, 0.05) is 45.5 Å². The molecule has 8 aromatic rings. The van der Waals surface area contributed by atoms with E-state index in [1.165, 1.54) is 38.5 Å². The number of para-hydroxylation sites is 2. The first-order chi connectivity index (χ1) is 24.3. The first-order valence-corrected chi connectivity index (χ1v) is 17.6. The summed E-state index contributed by atoms with van der Waals surface area (Å²) in [6.45, 7) is 12.0. The minimum atomic E-state index is 0.997. The number of hydrogen-bond donors (Lipinski definition) is 0. The highest BCUT2D eigenvalue weighted by Gasteiger charge is 2.21. The second-order valence-electron chi connectivity index (χ2n) is 11.0. The van der Waals surface area contributed by atoms with E-state index >= 15 is 0 Å². The van der Waals surface area contributed by atoms with Gasteiger partial charge in [-0.3, -0.25) is 4.98 Å². The van der Waals surface area contributed by atoms with Crippen molar-refractivity contribution in [3.8, 4) is 33.6 Å². The van der Waals surface area contributed by atoms with Crippen LogP contribution in [0.1, 0.15) is 52.8 Å². The van der Waals surface area contributed by atoms with Crippen molar-refractivity contribution in [1.29, 1.82) is 0 Å². The van der Waals surface area contributed by atoms with Gasteiger partial charge < -0.3 is 9.13 Å². The predicted molar refractivity (Wildman–Crippen MR) is 213 cm³/mol. The lowest BCUT2D eigenvalue weighted by Gasteiger charge is -2.11. The normalized spacial score (nSPS) is 11.0. The molecule has 0 aliphatic heterocycles. The third kappa shape index (κ3) is 5.80. The van der Waals surface area contributed by atoms with Gasteiger partial charge in [0.1, 0.15) is 0 Å². The van der Waals surface area contributed by atoms with Crippen LogP contribution in [0, 0.1) is 0 Å². The predicted octanol–water partition coefficient (Wildman–Crippen LogP) is 13.2. The van der Waals surface area contributed by atoms with Gasteiger partial charge in [-0.05, 0) is 65.2 Å². The third-order valence-electron chi connectivity index (χ3n) is 8.58. The molecule has 242 valence electrons. The molecule has 9 rings (SSSR count). The molecule has 0 unspecified atom stereocenters. The van der Waals surface area contributed by atoms with E-state index < -0.39 is 0 Å². The van der Waals surface area contributed by atoms with E-state index in [0.717, 1.165) is 39.2 Å². The Kier molecular flexibility index (Phi) is 10.0. The standard InChI is InChI=1S/C40H25N3.3C2H6/c1-3-11-27(12-4-1)28-21-23-31(24-22-28)42-35-18-8-7-15-33(35)39-32(16-9-20-37(39)42)29-25-38-40(41-26-29)34-17-10-19-36(34)43(38)30-13-5-2-6-14-30;3*1-2/h1-9,11-26H;3*1-2H3. The Labute approximate surface area is 290 Å². The molecule has 1 aliphatic rings. The Balaban J connectivity index is 0.000000661. The fraction of sp³-hybridized carbons (Fsp3) is 0.130. The van der Waals surface area contributed by atoms with E-state index in [1.54, 1.807) is 0 Å². The zero-order valence-electron chi connectivity index (χ0n) is 29.3. The molecule has 0 fully saturated rings. The summed E-state index contributed by atoms with van der Waals surface area (Å²) in [6.07, 6.45) is 6.13. The topological polar surface area (TPSA) is 22.8 Å². The van der Waals surface area contributed by atoms with Crippen molar-refractivity contribution in [3.05, 3.63) is 157 Å². The van der Waals surface area contributed by atoms with E-state index in [4.69, 9.17) is 4.98 Å². The fourth-order valence-electron chi connectivity index (χ4n) is 6.67. The molecule has 0 atom stereocenters. The average Bonchev–Trinajstić information content (AvgIpc) is 3.89. The molecule has 0 spiro atoms. The maximum atomic E-state index is 5.05. The lowest BCUT2D eigenvalue weighted by Crippen LogP contribution is -1.96. The van der Waals surface area contributed by atoms with Crippen LogP contribution in [0.25, 0.3) is 78.6 Å². The Morgan fingerprint density at radius 2 is 1.10 bits per heavy atom. The van der Waals surface area contributed by atoms with E-state index in [9.17, 15) is 0 Å². The van der Waals surface area contributed by atoms with E-state index in [2.05, 4.69) is 154 Å². The highest BCUT2D eigenvalue weighted by Crippen LogP contribution is 2.40. The van der Waals surface area contributed by atoms with Crippen molar-refractivity contribution in [2.45, 2.75) is 41.5 Å². The monoisotopic (exact) mass is 637 g/mol. The van der Waals surface area contributed by atoms with Crippen LogP contribution in [0.3, 0.4) is 0 Å². The largest absolute Gasteiger partial charge is 0.309 e. The summed E-state index contributed by atoms with van der Waals surface area (Å²) in [5.41, 5.74) is 17.0. The van der Waals surface area contributed by atoms with Crippen LogP contribution < -0.4 is 0 Å². The van der Waals surface area contributed by atoms with Crippen molar-refractivity contribution in [1.82, 2.24) is 14.1 Å². The zero-order chi connectivity index (χ0) is 34.3. The molecule has 0 radical (unpaired) electrons. The van der Waals surface area contributed by atoms with Gasteiger partial charge in [0.2, 0.25) is 0 Å². The van der Waals surface area contributed by atoms with Crippen LogP contribution in [0.5, 0.6) is 0 Å². The highest BCUT2D eigenvalue weighted by molar-refractivity contribution is 6.16. The summed E-state index contributed by atoms with van der Waals surface area (Å²) >= 11 is 0. The number of nitrogens with zero attached hydrogens (tertiary/aromatic N) is 3. The van der Waals surface area contributed by atoms with Crippen LogP contribution in [-0.2, 0) is 0 Å². The quantitative estimate of drug-likeness (QED) is 0.176. The van der Waals surface area contributed by atoms with Crippen molar-refractivity contribution < 1.29 is 0 Å². The lowest BCUT2D eigenvalue weighted by atomic mass is 10.0. The number of benzene rings is 5. The van der Waals surface area contributed by atoms with E-state index in [0.29, 0.717) is 0 Å². The van der Waals surface area contributed by atoms with Crippen LogP contribution >= 0.6 is 0 Å². The van der Waals surface area contributed by atoms with Crippen molar-refractivity contribution >= 4 is 45.0 Å². The van der Waals surface area contributed by atoms with Gasteiger partial charge in [-0.1, -0.05) is 133 Å². The fourth-order valence-corrected chi connectivity index (χ4v) is 6.67. The number of aromatic nitrogens is 3. The molecule has 3 heteroatoms. The number of fused-ring (bicyclic) bond motifs is 6. The molecular formula is C46H43N3. The van der Waals surface area contributed by atoms with Crippen molar-refractivity contribution in [2.75, 3.05) is 0 Å². The smallest absolute Gasteiger partial charge is 0.0970 e. The van der Waals surface area contributed by atoms with Gasteiger partial charge in [0.15, 0.2) is 0 Å². The summed E-state index contributed by atoms with van der Waals surface area (Å²) in [5, 5.41) is 2.46. The highest BCUT2D eigenvalue weighted by atomic mass is 15.0. The van der Waals surface area contributed by atoms with Crippen LogP contribution in [0.4, 0.5) is 0 Å². The second kappa shape index (κ2) is 14.9. The van der Waals surface area contributed by atoms with Crippen LogP contribution in [-0.4, -0.2) is 14.1 Å². The van der Waals surface area contributed by atoms with Crippen molar-refractivity contribution in [3.63, 3.8) is 0 Å². The number of hydrogen-bond acceptors (Lipinski definition) is 1. The van der Waals surface area contributed by atoms with Crippen molar-refractivity contribution in [2.24, 2.45) is 0 Å². The molecule has 0 saturated carbocycles. The van der Waals surface area contributed by atoms with Gasteiger partial charge in [-0.25, -0.2) is 0 Å². The minimum Gasteiger partial charge on any atom is -0.309 e. The van der Waals surface area contributed by atoms with Crippen LogP contribution in [0.15, 0.2) is 145 Å². The van der Waals surface area contributed by atoms with E-state index in [1.807, 2.05) is 53.8 Å². The van der Waals surface area contributed by atoms with Crippen LogP contribution in [0.2, 0.25) is 0 Å². The second-order valence-corrected chi connectivity index (χ2v) is 11.0. The Bertz CT molecular complexity index is 2400. The molecule has 0 N–H and O–H groups in total. The molecule has 3 nitrogen and oxygen atoms in total. The van der Waals surface area contributed by atoms with Gasteiger partial charge in [0.05, 0.1) is 27.8 Å². The summed E-state index contributed by atoms with van der Waals surface area (Å²) in [4.78, 5) is 5.05. The van der Waals surface area contributed by atoms with Gasteiger partial charge in [0.25, 0.3) is 0 Å². The first kappa shape index (κ1) is 33.0. The van der Waals surface area contributed by atoms with Gasteiger partial charge in [-0.15, -0.1) is 5.73 Å². The molecule has 5 aromatic carbocycles. The molecule has 3 aromatic heterocycles. The molecule has 0 saturated heterocycles. The molecule has 0 bridgehead atoms. The Morgan fingerprint density at radius 3 is 1.84 bits per heavy atom. The SMILES string of the molecule is C1=Cc2c(n(-c3ccccc3)c3cc(-c4cccc5c4c4ccccc4n5-c4ccc(-c5ccccc5)cc4)cnc23)C=1.CC.CC.CC. The maximum Gasteiger partial charge on any atom is 0.0970 e. The molecule has 0 amide bonds. The average molecular weight is 638 g/mol. The lowest BCUT2D eigenvalue weighted by molar-refractivity contribution is 1.11. The maximum absolute atomic E-state index is 5.05. The number of rotatable bonds is 4. The summed E-state index contributed by atoms with van der Waals surface area (Å²) in [5.74, 6) is 0. The molecular weight excluding hydrogens is 595 g/mol. The summed E-state index contributed by atoms with van der Waals surface area (Å²) < 4.78 is 4.68. The molecule has 49 heavy (non-hydrogen) atoms. The van der Waals surface area contributed by atoms with E-state index in [-0.39, 0.29) is 0 Å². The van der Waals surface area contributed by atoms with Gasteiger partial charge >= 0.3 is 0 Å². The zero-order valence-corrected chi connectivity index (χ0v) is 29.3. The third-order valence-corrected chi connectivity index (χ3v) is 8.58. The Morgan fingerprint density at radius 1 is 0.490 bits per heavy atom.